The molecule has 0 unspecified atom stereocenters. The van der Waals surface area contributed by atoms with Gasteiger partial charge in [-0.3, -0.25) is 9.78 Å². The van der Waals surface area contributed by atoms with Crippen molar-refractivity contribution in [2.75, 3.05) is 14.2 Å². The van der Waals surface area contributed by atoms with Crippen LogP contribution in [0.25, 0.3) is 5.69 Å². The van der Waals surface area contributed by atoms with Crippen molar-refractivity contribution in [1.82, 2.24) is 9.55 Å². The van der Waals surface area contributed by atoms with Gasteiger partial charge in [0.2, 0.25) is 5.88 Å². The summed E-state index contributed by atoms with van der Waals surface area (Å²) in [4.78, 5) is 31.3. The van der Waals surface area contributed by atoms with Gasteiger partial charge in [0.15, 0.2) is 0 Å². The predicted octanol–water partition coefficient (Wildman–Crippen LogP) is 3.04. The quantitative estimate of drug-likeness (QED) is 0.623. The molecule has 0 spiro atoms. The van der Waals surface area contributed by atoms with Crippen LogP contribution in [0.2, 0.25) is 5.02 Å². The molecule has 2 N–H and O–H groups in total. The Morgan fingerprint density at radius 2 is 1.79 bits per heavy atom. The molecule has 0 saturated heterocycles. The lowest BCUT2D eigenvalue weighted by atomic mass is 10.2. The number of aromatic hydroxyl groups is 1. The Morgan fingerprint density at radius 1 is 1.10 bits per heavy atom. The van der Waals surface area contributed by atoms with E-state index in [1.165, 1.54) is 14.2 Å². The standard InChI is InChI=1S/C20H18ClN3O5/c1-11(22-15-9-8-14(28-2)10-16(15)29-3)17-18(25)23-20(27)24(19(17)26)13-6-4-12(21)5-7-13/h4-10,26H,1-3H3,(H,23,25,27). The Labute approximate surface area is 170 Å². The maximum absolute atomic E-state index is 12.4. The zero-order valence-corrected chi connectivity index (χ0v) is 16.6. The highest BCUT2D eigenvalue weighted by Crippen LogP contribution is 2.32. The molecule has 0 bridgehead atoms. The summed E-state index contributed by atoms with van der Waals surface area (Å²) < 4.78 is 11.4. The highest BCUT2D eigenvalue weighted by Gasteiger charge is 2.18. The lowest BCUT2D eigenvalue weighted by molar-refractivity contribution is 0.395. The van der Waals surface area contributed by atoms with Gasteiger partial charge in [-0.15, -0.1) is 0 Å². The van der Waals surface area contributed by atoms with Gasteiger partial charge in [0.25, 0.3) is 5.56 Å². The van der Waals surface area contributed by atoms with Crippen LogP contribution in [0, 0.1) is 0 Å². The van der Waals surface area contributed by atoms with Crippen molar-refractivity contribution in [3.63, 3.8) is 0 Å². The molecule has 150 valence electrons. The Hall–Kier alpha value is -3.52. The summed E-state index contributed by atoms with van der Waals surface area (Å²) in [5.41, 5.74) is -0.731. The summed E-state index contributed by atoms with van der Waals surface area (Å²) in [5, 5.41) is 11.2. The maximum atomic E-state index is 12.4. The Morgan fingerprint density at radius 3 is 2.41 bits per heavy atom. The molecule has 2 aromatic carbocycles. The number of halogens is 1. The van der Waals surface area contributed by atoms with Crippen molar-refractivity contribution in [3.05, 3.63) is 73.9 Å². The SMILES string of the molecule is COc1ccc(N=C(C)c2c(O)n(-c3ccc(Cl)cc3)c(=O)[nH]c2=O)c(OC)c1. The van der Waals surface area contributed by atoms with Gasteiger partial charge in [0.1, 0.15) is 22.7 Å². The predicted molar refractivity (Wildman–Crippen MR) is 111 cm³/mol. The monoisotopic (exact) mass is 415 g/mol. The summed E-state index contributed by atoms with van der Waals surface area (Å²) in [7, 11) is 3.01. The molecule has 8 nitrogen and oxygen atoms in total. The molecular weight excluding hydrogens is 398 g/mol. The first-order chi connectivity index (χ1) is 13.8. The van der Waals surface area contributed by atoms with Crippen LogP contribution in [-0.4, -0.2) is 34.6 Å². The lowest BCUT2D eigenvalue weighted by Crippen LogP contribution is -2.32. The Kier molecular flexibility index (Phi) is 5.74. The number of rotatable bonds is 5. The third kappa shape index (κ3) is 4.02. The Balaban J connectivity index is 2.17. The first kappa shape index (κ1) is 20.2. The normalized spacial score (nSPS) is 11.4. The molecule has 29 heavy (non-hydrogen) atoms. The van der Waals surface area contributed by atoms with E-state index in [0.717, 1.165) is 4.57 Å². The number of aromatic nitrogens is 2. The van der Waals surface area contributed by atoms with Crippen molar-refractivity contribution >= 4 is 23.0 Å². The molecule has 0 amide bonds. The largest absolute Gasteiger partial charge is 0.497 e. The van der Waals surface area contributed by atoms with Crippen LogP contribution in [0.3, 0.4) is 0 Å². The second-order valence-electron chi connectivity index (χ2n) is 6.00. The van der Waals surface area contributed by atoms with Crippen molar-refractivity contribution in [2.24, 2.45) is 4.99 Å². The number of H-pyrrole nitrogens is 1. The summed E-state index contributed by atoms with van der Waals surface area (Å²) in [5.74, 6) is 0.468. The van der Waals surface area contributed by atoms with Gasteiger partial charge in [0, 0.05) is 11.1 Å². The molecule has 0 saturated carbocycles. The molecule has 0 radical (unpaired) electrons. The van der Waals surface area contributed by atoms with E-state index in [1.807, 2.05) is 0 Å². The first-order valence-corrected chi connectivity index (χ1v) is 8.85. The van der Waals surface area contributed by atoms with E-state index < -0.39 is 17.1 Å². The molecule has 1 aromatic heterocycles. The number of nitrogens with one attached hydrogen (secondary N) is 1. The fraction of sp³-hybridized carbons (Fsp3) is 0.150. The van der Waals surface area contributed by atoms with E-state index in [2.05, 4.69) is 9.98 Å². The third-order valence-electron chi connectivity index (χ3n) is 4.21. The van der Waals surface area contributed by atoms with Crippen molar-refractivity contribution in [2.45, 2.75) is 6.92 Å². The van der Waals surface area contributed by atoms with Crippen LogP contribution in [0.4, 0.5) is 5.69 Å². The number of aliphatic imine (C=N–C) groups is 1. The van der Waals surface area contributed by atoms with Gasteiger partial charge >= 0.3 is 5.69 Å². The van der Waals surface area contributed by atoms with E-state index >= 15 is 0 Å². The van der Waals surface area contributed by atoms with Gasteiger partial charge in [0.05, 0.1) is 25.6 Å². The van der Waals surface area contributed by atoms with Crippen LogP contribution < -0.4 is 20.7 Å². The second-order valence-corrected chi connectivity index (χ2v) is 6.44. The summed E-state index contributed by atoms with van der Waals surface area (Å²) >= 11 is 5.88. The average molecular weight is 416 g/mol. The average Bonchev–Trinajstić information content (AvgIpc) is 2.69. The summed E-state index contributed by atoms with van der Waals surface area (Å²) in [6.45, 7) is 1.55. The van der Waals surface area contributed by atoms with Gasteiger partial charge < -0.3 is 14.6 Å². The number of hydrogen-bond acceptors (Lipinski definition) is 6. The molecule has 0 atom stereocenters. The highest BCUT2D eigenvalue weighted by molar-refractivity contribution is 6.30. The molecule has 0 aliphatic carbocycles. The van der Waals surface area contributed by atoms with Crippen LogP contribution in [0.15, 0.2) is 57.0 Å². The van der Waals surface area contributed by atoms with E-state index in [1.54, 1.807) is 49.4 Å². The van der Waals surface area contributed by atoms with Crippen molar-refractivity contribution in [3.8, 4) is 23.1 Å². The second kappa shape index (κ2) is 8.24. The molecule has 3 aromatic rings. The zero-order valence-electron chi connectivity index (χ0n) is 15.9. The topological polar surface area (TPSA) is 106 Å². The van der Waals surface area contributed by atoms with Gasteiger partial charge in [-0.2, -0.15) is 0 Å². The lowest BCUT2D eigenvalue weighted by Gasteiger charge is -2.12. The minimum Gasteiger partial charge on any atom is -0.497 e. The molecule has 0 fully saturated rings. The molecule has 3 rings (SSSR count). The van der Waals surface area contributed by atoms with Gasteiger partial charge in [-0.25, -0.2) is 14.4 Å². The number of nitrogens with zero attached hydrogens (tertiary/aromatic N) is 2. The minimum atomic E-state index is -0.784. The van der Waals surface area contributed by atoms with Crippen molar-refractivity contribution in [1.29, 1.82) is 0 Å². The molecule has 9 heteroatoms. The van der Waals surface area contributed by atoms with Crippen LogP contribution in [-0.2, 0) is 0 Å². The highest BCUT2D eigenvalue weighted by atomic mass is 35.5. The van der Waals surface area contributed by atoms with Crippen LogP contribution in [0.1, 0.15) is 12.5 Å². The van der Waals surface area contributed by atoms with Gasteiger partial charge in [-0.05, 0) is 43.3 Å². The fourth-order valence-electron chi connectivity index (χ4n) is 2.79. The van der Waals surface area contributed by atoms with E-state index in [4.69, 9.17) is 21.1 Å². The third-order valence-corrected chi connectivity index (χ3v) is 4.46. The maximum Gasteiger partial charge on any atom is 0.335 e. The van der Waals surface area contributed by atoms with Crippen LogP contribution in [0.5, 0.6) is 17.4 Å². The minimum absolute atomic E-state index is 0.141. The van der Waals surface area contributed by atoms with E-state index in [9.17, 15) is 14.7 Å². The molecule has 0 aliphatic heterocycles. The smallest absolute Gasteiger partial charge is 0.335 e. The number of ether oxygens (including phenoxy) is 2. The number of aromatic amines is 1. The number of benzene rings is 2. The van der Waals surface area contributed by atoms with Crippen molar-refractivity contribution < 1.29 is 14.6 Å². The molecule has 0 aliphatic rings. The summed E-state index contributed by atoms with van der Waals surface area (Å²) in [6.07, 6.45) is 0. The van der Waals surface area contributed by atoms with E-state index in [-0.39, 0.29) is 11.3 Å². The van der Waals surface area contributed by atoms with Crippen LogP contribution >= 0.6 is 11.6 Å². The number of hydrogen-bond donors (Lipinski definition) is 2. The zero-order chi connectivity index (χ0) is 21.1. The number of methoxy groups -OCH3 is 2. The van der Waals surface area contributed by atoms with Gasteiger partial charge in [-0.1, -0.05) is 11.6 Å². The molecular formula is C20H18ClN3O5. The molecule has 1 heterocycles. The first-order valence-electron chi connectivity index (χ1n) is 8.47. The Bertz CT molecular complexity index is 1200. The van der Waals surface area contributed by atoms with E-state index in [0.29, 0.717) is 27.9 Å². The summed E-state index contributed by atoms with van der Waals surface area (Å²) in [6, 6.07) is 11.2. The fourth-order valence-corrected chi connectivity index (χ4v) is 2.92.